The van der Waals surface area contributed by atoms with E-state index in [1.165, 1.54) is 12.7 Å². The van der Waals surface area contributed by atoms with Crippen LogP contribution in [0.4, 0.5) is 5.69 Å². The third-order valence-electron chi connectivity index (χ3n) is 4.26. The molecule has 0 radical (unpaired) electrons. The molecule has 4 nitrogen and oxygen atoms in total. The van der Waals surface area contributed by atoms with Crippen LogP contribution in [-0.2, 0) is 10.2 Å². The summed E-state index contributed by atoms with van der Waals surface area (Å²) < 4.78 is 11.5. The highest BCUT2D eigenvalue weighted by Gasteiger charge is 2.13. The summed E-state index contributed by atoms with van der Waals surface area (Å²) in [7, 11) is 1.39. The summed E-state index contributed by atoms with van der Waals surface area (Å²) in [6, 6.07) is 13.9. The summed E-state index contributed by atoms with van der Waals surface area (Å²) in [6.45, 7) is 8.03. The number of unbranched alkanes of at least 4 members (excludes halogenated alkanes) is 1. The molecular formula is C22H28BrNO3. The maximum absolute atomic E-state index is 11.9. The van der Waals surface area contributed by atoms with Gasteiger partial charge in [0.05, 0.1) is 19.3 Å². The fraction of sp³-hybridized carbons (Fsp3) is 0.409. The first-order valence-corrected chi connectivity index (χ1v) is 9.95. The lowest BCUT2D eigenvalue weighted by Crippen LogP contribution is -2.11. The average Bonchev–Trinajstić information content (AvgIpc) is 2.64. The Morgan fingerprint density at radius 1 is 1.07 bits per heavy atom. The van der Waals surface area contributed by atoms with Crippen LogP contribution in [0.25, 0.3) is 0 Å². The van der Waals surface area contributed by atoms with E-state index < -0.39 is 0 Å². The maximum Gasteiger partial charge on any atom is 0.340 e. The zero-order valence-electron chi connectivity index (χ0n) is 16.5. The minimum atomic E-state index is -0.346. The molecule has 0 aliphatic carbocycles. The van der Waals surface area contributed by atoms with Gasteiger partial charge in [-0.25, -0.2) is 4.79 Å². The van der Waals surface area contributed by atoms with Crippen molar-refractivity contribution < 1.29 is 14.3 Å². The Bertz CT molecular complexity index is 751. The number of esters is 1. The van der Waals surface area contributed by atoms with Crippen molar-refractivity contribution in [1.82, 2.24) is 0 Å². The van der Waals surface area contributed by atoms with Crippen molar-refractivity contribution in [3.8, 4) is 5.75 Å². The molecule has 0 saturated heterocycles. The average molecular weight is 434 g/mol. The van der Waals surface area contributed by atoms with E-state index >= 15 is 0 Å². The van der Waals surface area contributed by atoms with E-state index in [0.717, 1.165) is 35.3 Å². The Morgan fingerprint density at radius 3 is 2.41 bits per heavy atom. The van der Waals surface area contributed by atoms with Crippen LogP contribution in [0.3, 0.4) is 0 Å². The van der Waals surface area contributed by atoms with Gasteiger partial charge in [0.1, 0.15) is 5.75 Å². The molecule has 0 aliphatic heterocycles. The van der Waals surface area contributed by atoms with Crippen LogP contribution in [0.5, 0.6) is 5.75 Å². The SMILES string of the molecule is COC(=O)c1cc(Br)ccc1NCCCCOc1ccc(C(C)(C)C)cc1. The van der Waals surface area contributed by atoms with E-state index in [1.54, 1.807) is 6.07 Å². The van der Waals surface area contributed by atoms with Crippen molar-refractivity contribution in [3.63, 3.8) is 0 Å². The molecule has 2 rings (SSSR count). The first-order valence-electron chi connectivity index (χ1n) is 9.16. The Labute approximate surface area is 170 Å². The summed E-state index contributed by atoms with van der Waals surface area (Å²) in [5, 5.41) is 3.30. The number of ether oxygens (including phenoxy) is 2. The molecule has 0 atom stereocenters. The standard InChI is InChI=1S/C22H28BrNO3/c1-22(2,3)16-7-10-18(11-8-16)27-14-6-5-13-24-20-12-9-17(23)15-19(20)21(25)26-4/h7-12,15,24H,5-6,13-14H2,1-4H3. The van der Waals surface area contributed by atoms with Gasteiger partial charge in [-0.2, -0.15) is 0 Å². The van der Waals surface area contributed by atoms with E-state index in [-0.39, 0.29) is 11.4 Å². The number of benzene rings is 2. The molecule has 0 bridgehead atoms. The minimum Gasteiger partial charge on any atom is -0.494 e. The fourth-order valence-electron chi connectivity index (χ4n) is 2.64. The van der Waals surface area contributed by atoms with Crippen LogP contribution in [-0.4, -0.2) is 26.2 Å². The number of methoxy groups -OCH3 is 1. The zero-order chi connectivity index (χ0) is 19.9. The molecule has 0 unspecified atom stereocenters. The highest BCUT2D eigenvalue weighted by molar-refractivity contribution is 9.10. The molecule has 27 heavy (non-hydrogen) atoms. The van der Waals surface area contributed by atoms with Gasteiger partial charge >= 0.3 is 5.97 Å². The largest absolute Gasteiger partial charge is 0.494 e. The van der Waals surface area contributed by atoms with Crippen molar-refractivity contribution in [1.29, 1.82) is 0 Å². The molecule has 0 aliphatic rings. The van der Waals surface area contributed by atoms with Crippen LogP contribution < -0.4 is 10.1 Å². The van der Waals surface area contributed by atoms with Crippen molar-refractivity contribution in [2.24, 2.45) is 0 Å². The van der Waals surface area contributed by atoms with Gasteiger partial charge in [-0.3, -0.25) is 0 Å². The highest BCUT2D eigenvalue weighted by atomic mass is 79.9. The number of carbonyl (C=O) groups excluding carboxylic acids is 1. The molecule has 0 amide bonds. The van der Waals surface area contributed by atoms with Crippen LogP contribution in [0.1, 0.15) is 49.5 Å². The second-order valence-corrected chi connectivity index (χ2v) is 8.35. The summed E-state index contributed by atoms with van der Waals surface area (Å²) in [5.41, 5.74) is 2.76. The summed E-state index contributed by atoms with van der Waals surface area (Å²) >= 11 is 3.38. The second kappa shape index (κ2) is 9.79. The van der Waals surface area contributed by atoms with Gasteiger partial charge in [0.25, 0.3) is 0 Å². The molecule has 2 aromatic carbocycles. The lowest BCUT2D eigenvalue weighted by atomic mass is 9.87. The predicted octanol–water partition coefficient (Wildman–Crippen LogP) is 5.80. The molecule has 1 N–H and O–H groups in total. The summed E-state index contributed by atoms with van der Waals surface area (Å²) in [6.07, 6.45) is 1.87. The Hall–Kier alpha value is -2.01. The van der Waals surface area contributed by atoms with Crippen LogP contribution >= 0.6 is 15.9 Å². The number of anilines is 1. The van der Waals surface area contributed by atoms with Gasteiger partial charge in [-0.1, -0.05) is 48.8 Å². The molecule has 0 spiro atoms. The first-order chi connectivity index (χ1) is 12.8. The fourth-order valence-corrected chi connectivity index (χ4v) is 3.00. The summed E-state index contributed by atoms with van der Waals surface area (Å²) in [5.74, 6) is 0.553. The van der Waals surface area contributed by atoms with Gasteiger partial charge in [-0.15, -0.1) is 0 Å². The Morgan fingerprint density at radius 2 is 1.78 bits per heavy atom. The van der Waals surface area contributed by atoms with Crippen molar-refractivity contribution >= 4 is 27.6 Å². The van der Waals surface area contributed by atoms with Crippen molar-refractivity contribution in [2.75, 3.05) is 25.6 Å². The second-order valence-electron chi connectivity index (χ2n) is 7.44. The van der Waals surface area contributed by atoms with E-state index in [0.29, 0.717) is 12.2 Å². The van der Waals surface area contributed by atoms with E-state index in [4.69, 9.17) is 9.47 Å². The first kappa shape index (κ1) is 21.3. The van der Waals surface area contributed by atoms with Gasteiger partial charge in [0.15, 0.2) is 0 Å². The van der Waals surface area contributed by atoms with E-state index in [1.807, 2.05) is 24.3 Å². The molecule has 0 fully saturated rings. The van der Waals surface area contributed by atoms with E-state index in [2.05, 4.69) is 54.2 Å². The quantitative estimate of drug-likeness (QED) is 0.421. The van der Waals surface area contributed by atoms with Crippen molar-refractivity contribution in [3.05, 3.63) is 58.1 Å². The number of carbonyl (C=O) groups is 1. The smallest absolute Gasteiger partial charge is 0.340 e. The highest BCUT2D eigenvalue weighted by Crippen LogP contribution is 2.24. The van der Waals surface area contributed by atoms with Gasteiger partial charge in [0.2, 0.25) is 0 Å². The Balaban J connectivity index is 1.74. The number of hydrogen-bond acceptors (Lipinski definition) is 4. The number of rotatable bonds is 8. The third-order valence-corrected chi connectivity index (χ3v) is 4.76. The van der Waals surface area contributed by atoms with Crippen LogP contribution in [0.2, 0.25) is 0 Å². The monoisotopic (exact) mass is 433 g/mol. The lowest BCUT2D eigenvalue weighted by molar-refractivity contribution is 0.0601. The van der Waals surface area contributed by atoms with Gasteiger partial charge in [0, 0.05) is 16.7 Å². The molecule has 0 aromatic heterocycles. The molecular weight excluding hydrogens is 406 g/mol. The summed E-state index contributed by atoms with van der Waals surface area (Å²) in [4.78, 5) is 11.9. The van der Waals surface area contributed by atoms with Gasteiger partial charge in [-0.05, 0) is 54.2 Å². The van der Waals surface area contributed by atoms with Gasteiger partial charge < -0.3 is 14.8 Å². The normalized spacial score (nSPS) is 11.1. The number of halogens is 1. The Kier molecular flexibility index (Phi) is 7.72. The molecule has 0 heterocycles. The van der Waals surface area contributed by atoms with Crippen molar-refractivity contribution in [2.45, 2.75) is 39.0 Å². The topological polar surface area (TPSA) is 47.6 Å². The third kappa shape index (κ3) is 6.58. The lowest BCUT2D eigenvalue weighted by Gasteiger charge is -2.19. The minimum absolute atomic E-state index is 0.153. The number of nitrogens with one attached hydrogen (secondary N) is 1. The van der Waals surface area contributed by atoms with E-state index in [9.17, 15) is 4.79 Å². The van der Waals surface area contributed by atoms with Crippen LogP contribution in [0, 0.1) is 0 Å². The maximum atomic E-state index is 11.9. The molecule has 5 heteroatoms. The number of hydrogen-bond donors (Lipinski definition) is 1. The predicted molar refractivity (Wildman–Crippen MR) is 114 cm³/mol. The molecule has 146 valence electrons. The van der Waals surface area contributed by atoms with Crippen LogP contribution in [0.15, 0.2) is 46.9 Å². The molecule has 2 aromatic rings. The zero-order valence-corrected chi connectivity index (χ0v) is 18.1. The molecule has 0 saturated carbocycles.